The monoisotopic (exact) mass is 460 g/mol. The van der Waals surface area contributed by atoms with Crippen molar-refractivity contribution in [3.63, 3.8) is 0 Å². The van der Waals surface area contributed by atoms with Gasteiger partial charge in [-0.2, -0.15) is 0 Å². The van der Waals surface area contributed by atoms with Crippen LogP contribution in [0.25, 0.3) is 5.69 Å². The number of aldehydes is 1. The first kappa shape index (κ1) is 22.1. The zero-order chi connectivity index (χ0) is 23.5. The van der Waals surface area contributed by atoms with Crippen LogP contribution in [0.15, 0.2) is 79.0 Å². The number of nitrogens with zero attached hydrogens (tertiary/aromatic N) is 4. The minimum atomic E-state index is -1.04. The Morgan fingerprint density at radius 1 is 0.970 bits per heavy atom. The zero-order valence-corrected chi connectivity index (χ0v) is 18.8. The molecule has 0 unspecified atom stereocenters. The number of carboxylic acids is 1. The second kappa shape index (κ2) is 9.18. The molecule has 0 amide bonds. The summed E-state index contributed by atoms with van der Waals surface area (Å²) >= 11 is 6.31. The zero-order valence-electron chi connectivity index (χ0n) is 18.0. The standard InChI is InChI=1S/C25H21ClN4O3/c1-28(20-8-4-3-5-9-20)23-14-19(26)11-12-22(23)29(2)24-18(16-31)15-30(27-24)21-10-6-7-17(13-21)25(32)33/h3-16H,1-2H3,(H,32,33). The molecule has 0 spiro atoms. The van der Waals surface area contributed by atoms with Gasteiger partial charge < -0.3 is 14.9 Å². The molecule has 0 aliphatic rings. The molecule has 0 fully saturated rings. The van der Waals surface area contributed by atoms with Gasteiger partial charge in [0.2, 0.25) is 0 Å². The normalized spacial score (nSPS) is 10.6. The number of benzene rings is 3. The lowest BCUT2D eigenvalue weighted by Crippen LogP contribution is -2.18. The molecule has 166 valence electrons. The smallest absolute Gasteiger partial charge is 0.335 e. The highest BCUT2D eigenvalue weighted by Gasteiger charge is 2.20. The minimum absolute atomic E-state index is 0.134. The Morgan fingerprint density at radius 3 is 2.42 bits per heavy atom. The Hall–Kier alpha value is -4.10. The molecule has 1 aromatic heterocycles. The van der Waals surface area contributed by atoms with E-state index in [-0.39, 0.29) is 5.56 Å². The first-order valence-electron chi connectivity index (χ1n) is 10.1. The third-order valence-electron chi connectivity index (χ3n) is 5.33. The van der Waals surface area contributed by atoms with Crippen molar-refractivity contribution in [3.8, 4) is 5.69 Å². The number of carboxylic acid groups (broad SMARTS) is 1. The number of anilines is 4. The fourth-order valence-corrected chi connectivity index (χ4v) is 3.76. The molecule has 0 aliphatic heterocycles. The van der Waals surface area contributed by atoms with E-state index in [2.05, 4.69) is 5.10 Å². The van der Waals surface area contributed by atoms with Crippen molar-refractivity contribution in [1.82, 2.24) is 9.78 Å². The Labute approximate surface area is 196 Å². The number of hydrogen-bond acceptors (Lipinski definition) is 5. The molecular formula is C25H21ClN4O3. The van der Waals surface area contributed by atoms with E-state index in [9.17, 15) is 14.7 Å². The molecule has 7 nitrogen and oxygen atoms in total. The molecule has 33 heavy (non-hydrogen) atoms. The molecule has 4 rings (SSSR count). The highest BCUT2D eigenvalue weighted by Crippen LogP contribution is 2.38. The quantitative estimate of drug-likeness (QED) is 0.363. The van der Waals surface area contributed by atoms with Crippen molar-refractivity contribution >= 4 is 46.7 Å². The summed E-state index contributed by atoms with van der Waals surface area (Å²) in [5, 5.41) is 14.5. The van der Waals surface area contributed by atoms with Crippen LogP contribution < -0.4 is 9.80 Å². The van der Waals surface area contributed by atoms with E-state index in [4.69, 9.17) is 11.6 Å². The second-order valence-corrected chi connectivity index (χ2v) is 7.85. The third kappa shape index (κ3) is 4.44. The van der Waals surface area contributed by atoms with Crippen molar-refractivity contribution in [3.05, 3.63) is 95.1 Å². The molecule has 0 bridgehead atoms. The van der Waals surface area contributed by atoms with Crippen LogP contribution in [0.4, 0.5) is 22.9 Å². The Balaban J connectivity index is 1.78. The number of hydrogen-bond donors (Lipinski definition) is 1. The van der Waals surface area contributed by atoms with Gasteiger partial charge in [-0.05, 0) is 48.5 Å². The van der Waals surface area contributed by atoms with Crippen molar-refractivity contribution in [2.75, 3.05) is 23.9 Å². The van der Waals surface area contributed by atoms with E-state index in [1.807, 2.05) is 66.4 Å². The molecule has 0 atom stereocenters. The van der Waals surface area contributed by atoms with E-state index in [0.717, 1.165) is 23.3 Å². The number of para-hydroxylation sites is 1. The first-order chi connectivity index (χ1) is 15.9. The van der Waals surface area contributed by atoms with E-state index in [1.165, 1.54) is 16.8 Å². The van der Waals surface area contributed by atoms with Crippen molar-refractivity contribution in [2.24, 2.45) is 0 Å². The van der Waals surface area contributed by atoms with Gasteiger partial charge in [0.05, 0.1) is 28.2 Å². The predicted molar refractivity (Wildman–Crippen MR) is 130 cm³/mol. The van der Waals surface area contributed by atoms with Gasteiger partial charge >= 0.3 is 5.97 Å². The van der Waals surface area contributed by atoms with Gasteiger partial charge in [-0.1, -0.05) is 35.9 Å². The summed E-state index contributed by atoms with van der Waals surface area (Å²) < 4.78 is 1.50. The molecule has 0 aliphatic carbocycles. The van der Waals surface area contributed by atoms with Gasteiger partial charge in [-0.3, -0.25) is 4.79 Å². The van der Waals surface area contributed by atoms with Crippen molar-refractivity contribution < 1.29 is 14.7 Å². The number of carbonyl (C=O) groups excluding carboxylic acids is 1. The van der Waals surface area contributed by atoms with Crippen molar-refractivity contribution in [1.29, 1.82) is 0 Å². The molecule has 0 saturated carbocycles. The molecule has 1 heterocycles. The topological polar surface area (TPSA) is 78.7 Å². The number of carbonyl (C=O) groups is 2. The Morgan fingerprint density at radius 2 is 1.73 bits per heavy atom. The van der Waals surface area contributed by atoms with Gasteiger partial charge in [-0.15, -0.1) is 5.10 Å². The van der Waals surface area contributed by atoms with Crippen LogP contribution in [0.3, 0.4) is 0 Å². The van der Waals surface area contributed by atoms with Crippen LogP contribution in [0, 0.1) is 0 Å². The minimum Gasteiger partial charge on any atom is -0.478 e. The highest BCUT2D eigenvalue weighted by atomic mass is 35.5. The second-order valence-electron chi connectivity index (χ2n) is 7.41. The average molecular weight is 461 g/mol. The van der Waals surface area contributed by atoms with E-state index >= 15 is 0 Å². The number of aromatic nitrogens is 2. The van der Waals surface area contributed by atoms with Crippen molar-refractivity contribution in [2.45, 2.75) is 0 Å². The number of aromatic carboxylic acids is 1. The van der Waals surface area contributed by atoms with Crippen LogP contribution in [0.2, 0.25) is 5.02 Å². The van der Waals surface area contributed by atoms with Gasteiger partial charge in [-0.25, -0.2) is 9.48 Å². The maximum atomic E-state index is 11.9. The van der Waals surface area contributed by atoms with Crippen LogP contribution in [0.1, 0.15) is 20.7 Å². The summed E-state index contributed by atoms with van der Waals surface area (Å²) in [6.45, 7) is 0. The lowest BCUT2D eigenvalue weighted by Gasteiger charge is -2.27. The summed E-state index contributed by atoms with van der Waals surface area (Å²) in [5.74, 6) is -0.609. The molecule has 0 saturated heterocycles. The number of halogens is 1. The van der Waals surface area contributed by atoms with E-state index < -0.39 is 5.97 Å². The summed E-state index contributed by atoms with van der Waals surface area (Å²) in [5.41, 5.74) is 3.63. The average Bonchev–Trinajstić information content (AvgIpc) is 3.28. The van der Waals surface area contributed by atoms with E-state index in [0.29, 0.717) is 22.1 Å². The molecule has 3 aromatic carbocycles. The molecular weight excluding hydrogens is 440 g/mol. The SMILES string of the molecule is CN(c1ccccc1)c1cc(Cl)ccc1N(C)c1nn(-c2cccc(C(=O)O)c2)cc1C=O. The third-order valence-corrected chi connectivity index (χ3v) is 5.56. The fourth-order valence-electron chi connectivity index (χ4n) is 3.59. The maximum Gasteiger partial charge on any atom is 0.335 e. The predicted octanol–water partition coefficient (Wildman–Crippen LogP) is 5.57. The van der Waals surface area contributed by atoms with Gasteiger partial charge in [0, 0.05) is 31.0 Å². The van der Waals surface area contributed by atoms with Crippen LogP contribution in [-0.2, 0) is 0 Å². The van der Waals surface area contributed by atoms with Gasteiger partial charge in [0.25, 0.3) is 0 Å². The largest absolute Gasteiger partial charge is 0.478 e. The summed E-state index contributed by atoms with van der Waals surface area (Å²) in [4.78, 5) is 27.0. The molecule has 4 aromatic rings. The molecule has 0 radical (unpaired) electrons. The lowest BCUT2D eigenvalue weighted by molar-refractivity contribution is 0.0696. The van der Waals surface area contributed by atoms with Crippen LogP contribution in [-0.4, -0.2) is 41.2 Å². The summed E-state index contributed by atoms with van der Waals surface area (Å²) in [6.07, 6.45) is 2.31. The lowest BCUT2D eigenvalue weighted by atomic mass is 10.2. The fraction of sp³-hybridized carbons (Fsp3) is 0.0800. The van der Waals surface area contributed by atoms with Crippen LogP contribution >= 0.6 is 11.6 Å². The van der Waals surface area contributed by atoms with E-state index in [1.54, 1.807) is 24.4 Å². The Bertz CT molecular complexity index is 1320. The number of rotatable bonds is 7. The molecule has 1 N–H and O–H groups in total. The highest BCUT2D eigenvalue weighted by molar-refractivity contribution is 6.31. The van der Waals surface area contributed by atoms with Gasteiger partial charge in [0.1, 0.15) is 0 Å². The van der Waals surface area contributed by atoms with Crippen LogP contribution in [0.5, 0.6) is 0 Å². The van der Waals surface area contributed by atoms with Gasteiger partial charge in [0.15, 0.2) is 12.1 Å². The Kier molecular flexibility index (Phi) is 6.15. The summed E-state index contributed by atoms with van der Waals surface area (Å²) in [6, 6.07) is 21.7. The molecule has 8 heteroatoms. The summed E-state index contributed by atoms with van der Waals surface area (Å²) in [7, 11) is 3.76. The maximum absolute atomic E-state index is 11.9. The first-order valence-corrected chi connectivity index (χ1v) is 10.5.